The van der Waals surface area contributed by atoms with Crippen molar-refractivity contribution in [3.63, 3.8) is 0 Å². The summed E-state index contributed by atoms with van der Waals surface area (Å²) in [4.78, 5) is 1.96. The summed E-state index contributed by atoms with van der Waals surface area (Å²) < 4.78 is 26.5. The molecule has 0 aliphatic rings. The van der Waals surface area contributed by atoms with Crippen molar-refractivity contribution in [1.82, 2.24) is 4.90 Å². The van der Waals surface area contributed by atoms with E-state index < -0.39 is 5.82 Å². The molecule has 0 heterocycles. The minimum absolute atomic E-state index is 0.151. The average molecular weight is 228 g/mol. The molecule has 4 heteroatoms. The second-order valence-corrected chi connectivity index (χ2v) is 3.96. The lowest BCUT2D eigenvalue weighted by molar-refractivity contribution is 0.254. The van der Waals surface area contributed by atoms with Crippen molar-refractivity contribution in [3.05, 3.63) is 35.4 Å². The second kappa shape index (κ2) is 5.92. The Morgan fingerprint density at radius 1 is 1.38 bits per heavy atom. The fourth-order valence-electron chi connectivity index (χ4n) is 1.61. The van der Waals surface area contributed by atoms with Crippen LogP contribution >= 0.6 is 0 Å². The van der Waals surface area contributed by atoms with Crippen LogP contribution in [0.25, 0.3) is 0 Å². The molecule has 0 aliphatic heterocycles. The number of nitrogens with two attached hydrogens (primary N) is 1. The molecule has 0 bridgehead atoms. The van der Waals surface area contributed by atoms with Gasteiger partial charge in [-0.05, 0) is 51.7 Å². The van der Waals surface area contributed by atoms with E-state index in [2.05, 4.69) is 0 Å². The third-order valence-electron chi connectivity index (χ3n) is 2.78. The van der Waals surface area contributed by atoms with Crippen LogP contribution in [0.3, 0.4) is 0 Å². The normalized spacial score (nSPS) is 13.1. The summed E-state index contributed by atoms with van der Waals surface area (Å²) in [6.45, 7) is 3.23. The van der Waals surface area contributed by atoms with Gasteiger partial charge in [0.15, 0.2) is 0 Å². The first-order valence-corrected chi connectivity index (χ1v) is 5.41. The van der Waals surface area contributed by atoms with Gasteiger partial charge < -0.3 is 5.73 Å². The molecule has 0 spiro atoms. The summed E-state index contributed by atoms with van der Waals surface area (Å²) in [5.41, 5.74) is 5.80. The molecule has 1 aromatic rings. The fraction of sp³-hybridized carbons (Fsp3) is 0.500. The Balaban J connectivity index is 2.78. The van der Waals surface area contributed by atoms with Crippen molar-refractivity contribution in [2.45, 2.75) is 19.4 Å². The van der Waals surface area contributed by atoms with Crippen molar-refractivity contribution in [1.29, 1.82) is 0 Å². The van der Waals surface area contributed by atoms with Crippen LogP contribution in [-0.2, 0) is 0 Å². The van der Waals surface area contributed by atoms with Gasteiger partial charge in [0.25, 0.3) is 0 Å². The van der Waals surface area contributed by atoms with E-state index in [9.17, 15) is 8.78 Å². The highest BCUT2D eigenvalue weighted by Gasteiger charge is 2.15. The van der Waals surface area contributed by atoms with Crippen LogP contribution in [0.1, 0.15) is 24.9 Å². The van der Waals surface area contributed by atoms with Gasteiger partial charge in [0.1, 0.15) is 11.6 Å². The van der Waals surface area contributed by atoms with Gasteiger partial charge in [-0.2, -0.15) is 0 Å². The maximum Gasteiger partial charge on any atom is 0.128 e. The molecule has 0 saturated heterocycles. The average Bonchev–Trinajstić information content (AvgIpc) is 2.28. The van der Waals surface area contributed by atoms with Crippen LogP contribution in [-0.4, -0.2) is 25.0 Å². The predicted octanol–water partition coefficient (Wildman–Crippen LogP) is 2.31. The lowest BCUT2D eigenvalue weighted by Gasteiger charge is -2.25. The molecular formula is C12H18F2N2. The van der Waals surface area contributed by atoms with Gasteiger partial charge in [-0.15, -0.1) is 0 Å². The summed E-state index contributed by atoms with van der Waals surface area (Å²) >= 11 is 0. The van der Waals surface area contributed by atoms with E-state index in [0.29, 0.717) is 12.1 Å². The fourth-order valence-corrected chi connectivity index (χ4v) is 1.61. The van der Waals surface area contributed by atoms with Crippen LogP contribution < -0.4 is 5.73 Å². The monoisotopic (exact) mass is 228 g/mol. The predicted molar refractivity (Wildman–Crippen MR) is 61.1 cm³/mol. The van der Waals surface area contributed by atoms with Gasteiger partial charge in [0.2, 0.25) is 0 Å². The first kappa shape index (κ1) is 13.1. The maximum absolute atomic E-state index is 13.5. The third kappa shape index (κ3) is 3.25. The quantitative estimate of drug-likeness (QED) is 0.838. The molecule has 0 aliphatic carbocycles. The molecule has 2 N–H and O–H groups in total. The van der Waals surface area contributed by atoms with Crippen molar-refractivity contribution < 1.29 is 8.78 Å². The summed E-state index contributed by atoms with van der Waals surface area (Å²) in [5.74, 6) is -0.774. The van der Waals surface area contributed by atoms with E-state index in [1.807, 2.05) is 18.9 Å². The molecule has 0 radical (unpaired) electrons. The van der Waals surface area contributed by atoms with Gasteiger partial charge >= 0.3 is 0 Å². The number of rotatable bonds is 5. The van der Waals surface area contributed by atoms with Gasteiger partial charge in [0, 0.05) is 11.6 Å². The lowest BCUT2D eigenvalue weighted by Crippen LogP contribution is -2.25. The Kier molecular flexibility index (Phi) is 4.83. The molecule has 1 aromatic carbocycles. The molecule has 0 amide bonds. The van der Waals surface area contributed by atoms with Crippen molar-refractivity contribution in [2.75, 3.05) is 20.1 Å². The van der Waals surface area contributed by atoms with Crippen LogP contribution in [0.4, 0.5) is 8.78 Å². The molecule has 0 fully saturated rings. The van der Waals surface area contributed by atoms with Gasteiger partial charge in [-0.1, -0.05) is 0 Å². The number of hydrogen-bond donors (Lipinski definition) is 1. The minimum atomic E-state index is -0.407. The maximum atomic E-state index is 13.5. The lowest BCUT2D eigenvalue weighted by atomic mass is 10.1. The van der Waals surface area contributed by atoms with E-state index >= 15 is 0 Å². The van der Waals surface area contributed by atoms with Gasteiger partial charge in [-0.3, -0.25) is 4.90 Å². The number of nitrogens with zero attached hydrogens (tertiary/aromatic N) is 1. The summed E-state index contributed by atoms with van der Waals surface area (Å²) in [6.07, 6.45) is 0.845. The SMILES string of the molecule is CC(c1cc(F)ccc1F)N(C)CCCN. The van der Waals surface area contributed by atoms with Crippen molar-refractivity contribution in [3.8, 4) is 0 Å². The largest absolute Gasteiger partial charge is 0.330 e. The molecular weight excluding hydrogens is 210 g/mol. The first-order chi connectivity index (χ1) is 7.56. The Morgan fingerprint density at radius 2 is 2.06 bits per heavy atom. The van der Waals surface area contributed by atoms with E-state index in [4.69, 9.17) is 5.73 Å². The Labute approximate surface area is 95.1 Å². The van der Waals surface area contributed by atoms with Crippen molar-refractivity contribution >= 4 is 0 Å². The third-order valence-corrected chi connectivity index (χ3v) is 2.78. The smallest absolute Gasteiger partial charge is 0.128 e. The summed E-state index contributed by atoms with van der Waals surface area (Å²) in [5, 5.41) is 0. The van der Waals surface area contributed by atoms with Crippen LogP contribution in [0.2, 0.25) is 0 Å². The zero-order chi connectivity index (χ0) is 12.1. The summed E-state index contributed by atoms with van der Waals surface area (Å²) in [7, 11) is 1.88. The number of halogens is 2. The molecule has 1 atom stereocenters. The number of hydrogen-bond acceptors (Lipinski definition) is 2. The molecule has 90 valence electrons. The van der Waals surface area contributed by atoms with E-state index in [-0.39, 0.29) is 11.9 Å². The van der Waals surface area contributed by atoms with Gasteiger partial charge in [0.05, 0.1) is 0 Å². The Hall–Kier alpha value is -1.00. The zero-order valence-corrected chi connectivity index (χ0v) is 9.71. The van der Waals surface area contributed by atoms with E-state index in [1.54, 1.807) is 0 Å². The molecule has 2 nitrogen and oxygen atoms in total. The highest BCUT2D eigenvalue weighted by Crippen LogP contribution is 2.22. The zero-order valence-electron chi connectivity index (χ0n) is 9.71. The van der Waals surface area contributed by atoms with E-state index in [0.717, 1.165) is 25.1 Å². The van der Waals surface area contributed by atoms with Crippen molar-refractivity contribution in [2.24, 2.45) is 5.73 Å². The van der Waals surface area contributed by atoms with E-state index in [1.165, 1.54) is 6.07 Å². The molecule has 0 aromatic heterocycles. The minimum Gasteiger partial charge on any atom is -0.330 e. The highest BCUT2D eigenvalue weighted by atomic mass is 19.1. The second-order valence-electron chi connectivity index (χ2n) is 3.96. The van der Waals surface area contributed by atoms with Gasteiger partial charge in [-0.25, -0.2) is 8.78 Å². The van der Waals surface area contributed by atoms with Crippen LogP contribution in [0.5, 0.6) is 0 Å². The Bertz CT molecular complexity index is 342. The first-order valence-electron chi connectivity index (χ1n) is 5.41. The molecule has 16 heavy (non-hydrogen) atoms. The molecule has 0 saturated carbocycles. The van der Waals surface area contributed by atoms with Crippen LogP contribution in [0.15, 0.2) is 18.2 Å². The van der Waals surface area contributed by atoms with Crippen LogP contribution in [0, 0.1) is 11.6 Å². The topological polar surface area (TPSA) is 29.3 Å². The highest BCUT2D eigenvalue weighted by molar-refractivity contribution is 5.21. The molecule has 1 rings (SSSR count). The Morgan fingerprint density at radius 3 is 2.69 bits per heavy atom. The summed E-state index contributed by atoms with van der Waals surface area (Å²) in [6, 6.07) is 3.39. The number of benzene rings is 1. The molecule has 1 unspecified atom stereocenters. The standard InChI is InChI=1S/C12H18F2N2/c1-9(16(2)7-3-6-15)11-8-10(13)4-5-12(11)14/h4-5,8-9H,3,6-7,15H2,1-2H3.